The lowest BCUT2D eigenvalue weighted by molar-refractivity contribution is 0.0698. The van der Waals surface area contributed by atoms with Crippen LogP contribution in [0.2, 0.25) is 0 Å². The normalized spacial score (nSPS) is 12.2. The minimum atomic E-state index is -1.05. The number of hydrogen-bond acceptors (Lipinski definition) is 4. The quantitative estimate of drug-likeness (QED) is 0.758. The van der Waals surface area contributed by atoms with E-state index in [2.05, 4.69) is 10.6 Å². The number of aromatic carboxylic acids is 1. The Hall–Kier alpha value is -1.60. The van der Waals surface area contributed by atoms with Gasteiger partial charge in [0.15, 0.2) is 0 Å². The molecular weight excluding hydrogens is 254 g/mol. The summed E-state index contributed by atoms with van der Waals surface area (Å²) in [6.45, 7) is 2.47. The second-order valence-corrected chi connectivity index (χ2v) is 5.03. The first-order valence-electron chi connectivity index (χ1n) is 5.44. The summed E-state index contributed by atoms with van der Waals surface area (Å²) in [4.78, 5) is 24.4. The number of rotatable bonds is 5. The second kappa shape index (κ2) is 6.36. The fourth-order valence-electron chi connectivity index (χ4n) is 1.14. The first-order valence-corrected chi connectivity index (χ1v) is 6.32. The summed E-state index contributed by atoms with van der Waals surface area (Å²) in [5.41, 5.74) is 0.107. The third-order valence-electron chi connectivity index (χ3n) is 2.56. The summed E-state index contributed by atoms with van der Waals surface area (Å²) in [6.07, 6.45) is 0. The Morgan fingerprint density at radius 3 is 2.72 bits per heavy atom. The van der Waals surface area contributed by atoms with E-state index in [0.29, 0.717) is 11.5 Å². The summed E-state index contributed by atoms with van der Waals surface area (Å²) >= 11 is 1.18. The van der Waals surface area contributed by atoms with Gasteiger partial charge in [0.25, 0.3) is 0 Å². The molecule has 0 bridgehead atoms. The van der Waals surface area contributed by atoms with Gasteiger partial charge in [-0.25, -0.2) is 9.59 Å². The zero-order valence-corrected chi connectivity index (χ0v) is 11.4. The summed E-state index contributed by atoms with van der Waals surface area (Å²) in [5.74, 6) is -1.05. The molecule has 0 aliphatic heterocycles. The van der Waals surface area contributed by atoms with Gasteiger partial charge in [0.1, 0.15) is 5.00 Å². The van der Waals surface area contributed by atoms with Gasteiger partial charge in [0.2, 0.25) is 0 Å². The minimum Gasteiger partial charge on any atom is -0.478 e. The molecule has 100 valence electrons. The molecule has 0 saturated heterocycles. The molecule has 0 fully saturated rings. The fraction of sp³-hybridized carbons (Fsp3) is 0.455. The van der Waals surface area contributed by atoms with Crippen LogP contribution in [0.1, 0.15) is 17.3 Å². The van der Waals surface area contributed by atoms with Crippen LogP contribution in [0, 0.1) is 0 Å². The highest BCUT2D eigenvalue weighted by molar-refractivity contribution is 7.14. The molecule has 1 aromatic heterocycles. The number of hydrogen-bond donors (Lipinski definition) is 3. The van der Waals surface area contributed by atoms with E-state index in [-0.39, 0.29) is 11.6 Å². The van der Waals surface area contributed by atoms with Crippen LogP contribution in [0.5, 0.6) is 0 Å². The first-order chi connectivity index (χ1) is 8.41. The van der Waals surface area contributed by atoms with E-state index in [1.165, 1.54) is 17.4 Å². The molecule has 0 radical (unpaired) electrons. The Balaban J connectivity index is 2.50. The predicted molar refractivity (Wildman–Crippen MR) is 71.4 cm³/mol. The monoisotopic (exact) mass is 271 g/mol. The molecule has 18 heavy (non-hydrogen) atoms. The minimum absolute atomic E-state index is 0.107. The lowest BCUT2D eigenvalue weighted by Gasteiger charge is -2.19. The maximum absolute atomic E-state index is 11.6. The van der Waals surface area contributed by atoms with E-state index in [1.807, 2.05) is 25.9 Å². The lowest BCUT2D eigenvalue weighted by atomic mass is 10.3. The first kappa shape index (κ1) is 14.5. The number of carboxylic acids is 1. The zero-order valence-electron chi connectivity index (χ0n) is 10.6. The van der Waals surface area contributed by atoms with Gasteiger partial charge in [-0.1, -0.05) is 0 Å². The topological polar surface area (TPSA) is 81.7 Å². The van der Waals surface area contributed by atoms with E-state index >= 15 is 0 Å². The number of carboxylic acid groups (broad SMARTS) is 1. The van der Waals surface area contributed by atoms with Crippen LogP contribution in [-0.2, 0) is 0 Å². The van der Waals surface area contributed by atoms with E-state index in [1.54, 1.807) is 5.38 Å². The molecule has 1 unspecified atom stereocenters. The van der Waals surface area contributed by atoms with Crippen molar-refractivity contribution >= 4 is 28.3 Å². The molecule has 0 saturated carbocycles. The predicted octanol–water partition coefficient (Wildman–Crippen LogP) is 1.52. The van der Waals surface area contributed by atoms with Crippen molar-refractivity contribution in [1.29, 1.82) is 0 Å². The van der Waals surface area contributed by atoms with Gasteiger partial charge in [0.05, 0.1) is 5.56 Å². The largest absolute Gasteiger partial charge is 0.478 e. The third kappa shape index (κ3) is 4.01. The second-order valence-electron chi connectivity index (χ2n) is 4.12. The molecule has 1 rings (SSSR count). The van der Waals surface area contributed by atoms with Crippen LogP contribution in [0.3, 0.4) is 0 Å². The fourth-order valence-corrected chi connectivity index (χ4v) is 1.92. The zero-order chi connectivity index (χ0) is 13.7. The molecule has 1 aromatic rings. The van der Waals surface area contributed by atoms with Crippen molar-refractivity contribution < 1.29 is 14.7 Å². The van der Waals surface area contributed by atoms with Gasteiger partial charge in [-0.2, -0.15) is 0 Å². The van der Waals surface area contributed by atoms with Gasteiger partial charge in [0, 0.05) is 12.6 Å². The number of amides is 2. The van der Waals surface area contributed by atoms with Gasteiger partial charge < -0.3 is 15.3 Å². The number of nitrogens with zero attached hydrogens (tertiary/aromatic N) is 1. The Bertz CT molecular complexity index is 431. The summed E-state index contributed by atoms with van der Waals surface area (Å²) in [5, 5.41) is 16.1. The molecule has 2 amide bonds. The maximum atomic E-state index is 11.6. The number of nitrogens with one attached hydrogen (secondary N) is 2. The number of carbonyl (C=O) groups is 2. The molecule has 6 nitrogen and oxygen atoms in total. The van der Waals surface area contributed by atoms with Crippen LogP contribution < -0.4 is 10.6 Å². The van der Waals surface area contributed by atoms with Gasteiger partial charge in [-0.05, 0) is 32.5 Å². The SMILES string of the molecule is CC(CNC(=O)Nc1sccc1C(=O)O)N(C)C. The van der Waals surface area contributed by atoms with Crippen molar-refractivity contribution in [3.05, 3.63) is 17.0 Å². The maximum Gasteiger partial charge on any atom is 0.338 e. The van der Waals surface area contributed by atoms with Crippen molar-refractivity contribution in [3.8, 4) is 0 Å². The van der Waals surface area contributed by atoms with Crippen molar-refractivity contribution in [2.45, 2.75) is 13.0 Å². The Labute approximate surface area is 110 Å². The van der Waals surface area contributed by atoms with Crippen molar-refractivity contribution in [2.75, 3.05) is 26.0 Å². The van der Waals surface area contributed by atoms with Gasteiger partial charge in [-0.3, -0.25) is 5.32 Å². The molecular formula is C11H17N3O3S. The van der Waals surface area contributed by atoms with Gasteiger partial charge in [-0.15, -0.1) is 11.3 Å². The highest BCUT2D eigenvalue weighted by Gasteiger charge is 2.14. The average molecular weight is 271 g/mol. The number of thiophene rings is 1. The van der Waals surface area contributed by atoms with E-state index in [9.17, 15) is 9.59 Å². The van der Waals surface area contributed by atoms with E-state index in [4.69, 9.17) is 5.11 Å². The van der Waals surface area contributed by atoms with Crippen molar-refractivity contribution in [1.82, 2.24) is 10.2 Å². The van der Waals surface area contributed by atoms with Crippen molar-refractivity contribution in [3.63, 3.8) is 0 Å². The van der Waals surface area contributed by atoms with Crippen LogP contribution in [0.4, 0.5) is 9.80 Å². The molecule has 0 aliphatic carbocycles. The Morgan fingerprint density at radius 1 is 1.50 bits per heavy atom. The van der Waals surface area contributed by atoms with Crippen molar-refractivity contribution in [2.24, 2.45) is 0 Å². The van der Waals surface area contributed by atoms with Crippen LogP contribution >= 0.6 is 11.3 Å². The molecule has 1 heterocycles. The lowest BCUT2D eigenvalue weighted by Crippen LogP contribution is -2.40. The Kier molecular flexibility index (Phi) is 5.11. The number of anilines is 1. The summed E-state index contributed by atoms with van der Waals surface area (Å²) < 4.78 is 0. The summed E-state index contributed by atoms with van der Waals surface area (Å²) in [6, 6.07) is 1.28. The molecule has 0 aliphatic rings. The van der Waals surface area contributed by atoms with Crippen LogP contribution in [0.25, 0.3) is 0 Å². The Morgan fingerprint density at radius 2 is 2.17 bits per heavy atom. The highest BCUT2D eigenvalue weighted by atomic mass is 32.1. The smallest absolute Gasteiger partial charge is 0.338 e. The molecule has 0 spiro atoms. The molecule has 3 N–H and O–H groups in total. The number of likely N-dealkylation sites (N-methyl/N-ethyl adjacent to an activating group) is 1. The molecule has 1 atom stereocenters. The van der Waals surface area contributed by atoms with Gasteiger partial charge >= 0.3 is 12.0 Å². The third-order valence-corrected chi connectivity index (χ3v) is 3.39. The highest BCUT2D eigenvalue weighted by Crippen LogP contribution is 2.22. The van der Waals surface area contributed by atoms with Crippen LogP contribution in [-0.4, -0.2) is 48.7 Å². The van der Waals surface area contributed by atoms with Crippen LogP contribution in [0.15, 0.2) is 11.4 Å². The number of carbonyl (C=O) groups excluding carboxylic acids is 1. The average Bonchev–Trinajstić information content (AvgIpc) is 2.73. The molecule has 7 heteroatoms. The standard InChI is InChI=1S/C11H17N3O3S/c1-7(14(2)3)6-12-11(17)13-9-8(10(15)16)4-5-18-9/h4-5,7H,6H2,1-3H3,(H,15,16)(H2,12,13,17). The van der Waals surface area contributed by atoms with E-state index in [0.717, 1.165) is 0 Å². The number of urea groups is 1. The molecule has 0 aromatic carbocycles. The van der Waals surface area contributed by atoms with E-state index < -0.39 is 12.0 Å². The summed E-state index contributed by atoms with van der Waals surface area (Å²) in [7, 11) is 3.85.